The molecule has 1 aromatic heterocycles. The molecule has 0 bridgehead atoms. The number of para-hydroxylation sites is 2. The zero-order chi connectivity index (χ0) is 31.5. The average molecular weight is 636 g/mol. The first-order valence-corrected chi connectivity index (χ1v) is 15.2. The zero-order valence-corrected chi connectivity index (χ0v) is 25.5. The first kappa shape index (κ1) is 29.8. The molecule has 1 amide bonds. The maximum Gasteiger partial charge on any atom is 0.335 e. The monoisotopic (exact) mass is 635 g/mol. The van der Waals surface area contributed by atoms with E-state index in [4.69, 9.17) is 26.4 Å². The summed E-state index contributed by atoms with van der Waals surface area (Å²) in [4.78, 5) is 44.2. The second kappa shape index (κ2) is 12.8. The number of carbonyl (C=O) groups is 2. The van der Waals surface area contributed by atoms with Gasteiger partial charge >= 0.3 is 5.97 Å². The number of thiazole rings is 1. The number of rotatable bonds is 8. The number of amides is 1. The van der Waals surface area contributed by atoms with E-state index in [-0.39, 0.29) is 23.6 Å². The molecule has 1 aliphatic heterocycles. The molecule has 0 fully saturated rings. The van der Waals surface area contributed by atoms with Crippen molar-refractivity contribution in [3.63, 3.8) is 0 Å². The molecule has 224 valence electrons. The van der Waals surface area contributed by atoms with Gasteiger partial charge in [-0.3, -0.25) is 14.2 Å². The summed E-state index contributed by atoms with van der Waals surface area (Å²) < 4.78 is 8.06. The molecule has 0 saturated heterocycles. The molecule has 0 unspecified atom stereocenters. The van der Waals surface area contributed by atoms with E-state index in [0.29, 0.717) is 42.6 Å². The van der Waals surface area contributed by atoms with Crippen molar-refractivity contribution >= 4 is 46.6 Å². The van der Waals surface area contributed by atoms with Crippen LogP contribution in [0.3, 0.4) is 0 Å². The number of carboxylic acid groups (broad SMARTS) is 1. The van der Waals surface area contributed by atoms with Crippen LogP contribution in [0.4, 0.5) is 5.69 Å². The Bertz CT molecular complexity index is 2120. The van der Waals surface area contributed by atoms with Crippen molar-refractivity contribution in [2.45, 2.75) is 19.6 Å². The maximum atomic E-state index is 14.1. The number of halogens is 1. The van der Waals surface area contributed by atoms with E-state index in [0.717, 1.165) is 11.1 Å². The van der Waals surface area contributed by atoms with Crippen molar-refractivity contribution in [1.82, 2.24) is 4.57 Å². The lowest BCUT2D eigenvalue weighted by Crippen LogP contribution is -2.40. The predicted molar refractivity (Wildman–Crippen MR) is 174 cm³/mol. The summed E-state index contributed by atoms with van der Waals surface area (Å²) in [6.07, 6.45) is 1.76. The lowest BCUT2D eigenvalue weighted by Gasteiger charge is -2.25. The van der Waals surface area contributed by atoms with Crippen molar-refractivity contribution in [2.24, 2.45) is 4.99 Å². The van der Waals surface area contributed by atoms with Crippen molar-refractivity contribution < 1.29 is 19.4 Å². The Balaban J connectivity index is 1.38. The van der Waals surface area contributed by atoms with Crippen LogP contribution >= 0.6 is 22.9 Å². The Labute approximate surface area is 266 Å². The lowest BCUT2D eigenvalue weighted by molar-refractivity contribution is -0.113. The number of hydrogen-bond donors (Lipinski definition) is 2. The molecule has 2 heterocycles. The molecule has 1 aliphatic rings. The molecular weight excluding hydrogens is 610 g/mol. The van der Waals surface area contributed by atoms with E-state index in [9.17, 15) is 14.4 Å². The van der Waals surface area contributed by atoms with Gasteiger partial charge < -0.3 is 15.2 Å². The van der Waals surface area contributed by atoms with E-state index in [1.165, 1.54) is 23.5 Å². The highest BCUT2D eigenvalue weighted by Crippen LogP contribution is 2.31. The predicted octanol–water partition coefficient (Wildman–Crippen LogP) is 5.80. The third kappa shape index (κ3) is 6.35. The number of allylic oxidation sites excluding steroid dienone is 1. The molecule has 5 aromatic rings. The molecular formula is C35H26ClN3O5S. The van der Waals surface area contributed by atoms with Crippen LogP contribution in [-0.2, 0) is 11.4 Å². The second-order valence-electron chi connectivity index (χ2n) is 10.3. The fourth-order valence-corrected chi connectivity index (χ4v) is 6.23. The molecule has 0 aliphatic carbocycles. The Morgan fingerprint density at radius 1 is 0.978 bits per heavy atom. The smallest absolute Gasteiger partial charge is 0.335 e. The molecule has 4 aromatic carbocycles. The SMILES string of the molecule is CC1=C(C(=O)Nc2ccccc2)[C@H](c2ccc(Cl)cc2)n2c(s/c(=C\c3ccccc3OCc3ccc(C(=O)O)cc3)c2=O)=N1. The van der Waals surface area contributed by atoms with Crippen LogP contribution in [0.25, 0.3) is 6.08 Å². The van der Waals surface area contributed by atoms with Gasteiger partial charge in [-0.25, -0.2) is 9.79 Å². The minimum absolute atomic E-state index is 0.197. The quantitative estimate of drug-likeness (QED) is 0.224. The van der Waals surface area contributed by atoms with Crippen LogP contribution in [0.2, 0.25) is 5.02 Å². The van der Waals surface area contributed by atoms with Gasteiger partial charge in [0.15, 0.2) is 4.80 Å². The van der Waals surface area contributed by atoms with Gasteiger partial charge in [0.25, 0.3) is 11.5 Å². The molecule has 10 heteroatoms. The minimum Gasteiger partial charge on any atom is -0.488 e. The number of benzene rings is 4. The Morgan fingerprint density at radius 2 is 1.67 bits per heavy atom. The second-order valence-corrected chi connectivity index (χ2v) is 11.7. The summed E-state index contributed by atoms with van der Waals surface area (Å²) in [5.41, 5.74) is 3.60. The Kier molecular flexibility index (Phi) is 8.46. The number of nitrogens with zero attached hydrogens (tertiary/aromatic N) is 2. The van der Waals surface area contributed by atoms with E-state index >= 15 is 0 Å². The van der Waals surface area contributed by atoms with Gasteiger partial charge in [0.05, 0.1) is 27.4 Å². The van der Waals surface area contributed by atoms with Crippen LogP contribution in [0.15, 0.2) is 124 Å². The normalized spacial score (nSPS) is 14.4. The number of ether oxygens (including phenoxy) is 1. The molecule has 1 atom stereocenters. The van der Waals surface area contributed by atoms with Gasteiger partial charge in [-0.2, -0.15) is 0 Å². The first-order chi connectivity index (χ1) is 21.8. The van der Waals surface area contributed by atoms with Crippen LogP contribution < -0.4 is 24.9 Å². The maximum absolute atomic E-state index is 14.1. The third-order valence-corrected chi connectivity index (χ3v) is 8.52. The zero-order valence-electron chi connectivity index (χ0n) is 23.9. The van der Waals surface area contributed by atoms with Gasteiger partial charge in [0, 0.05) is 16.3 Å². The molecule has 0 radical (unpaired) electrons. The topological polar surface area (TPSA) is 110 Å². The van der Waals surface area contributed by atoms with Gasteiger partial charge in [-0.1, -0.05) is 83.6 Å². The van der Waals surface area contributed by atoms with E-state index in [1.807, 2.05) is 48.5 Å². The number of anilines is 1. The summed E-state index contributed by atoms with van der Waals surface area (Å²) in [7, 11) is 0. The summed E-state index contributed by atoms with van der Waals surface area (Å²) in [5.74, 6) is -0.794. The average Bonchev–Trinajstić information content (AvgIpc) is 3.34. The largest absolute Gasteiger partial charge is 0.488 e. The number of aromatic carboxylic acids is 1. The fraction of sp³-hybridized carbons (Fsp3) is 0.0857. The van der Waals surface area contributed by atoms with Gasteiger partial charge in [-0.05, 0) is 66.6 Å². The highest BCUT2D eigenvalue weighted by molar-refractivity contribution is 7.07. The minimum atomic E-state index is -0.994. The highest BCUT2D eigenvalue weighted by atomic mass is 35.5. The van der Waals surface area contributed by atoms with E-state index in [2.05, 4.69) is 5.32 Å². The van der Waals surface area contributed by atoms with E-state index in [1.54, 1.807) is 60.0 Å². The van der Waals surface area contributed by atoms with Crippen LogP contribution in [0.5, 0.6) is 5.75 Å². The number of hydrogen-bond acceptors (Lipinski definition) is 6. The summed E-state index contributed by atoms with van der Waals surface area (Å²) in [6.45, 7) is 1.98. The summed E-state index contributed by atoms with van der Waals surface area (Å²) >= 11 is 7.43. The number of aromatic nitrogens is 1. The molecule has 6 rings (SSSR count). The molecule has 8 nitrogen and oxygen atoms in total. The van der Waals surface area contributed by atoms with Crippen molar-refractivity contribution in [2.75, 3.05) is 5.32 Å². The lowest BCUT2D eigenvalue weighted by atomic mass is 9.95. The van der Waals surface area contributed by atoms with Crippen LogP contribution in [0.1, 0.15) is 40.0 Å². The molecule has 0 spiro atoms. The van der Waals surface area contributed by atoms with E-state index < -0.39 is 12.0 Å². The van der Waals surface area contributed by atoms with Gasteiger partial charge in [0.1, 0.15) is 12.4 Å². The molecule has 45 heavy (non-hydrogen) atoms. The standard InChI is InChI=1S/C35H26ClN3O5S/c1-21-30(32(40)38-27-8-3-2-4-9-27)31(23-15-17-26(36)18-16-23)39-33(41)29(45-35(39)37-21)19-25-7-5-6-10-28(25)44-20-22-11-13-24(14-12-22)34(42)43/h2-19,31H,20H2,1H3,(H,38,40)(H,42,43)/b29-19-/t31-/m0/s1. The Hall–Kier alpha value is -5.25. The van der Waals surface area contributed by atoms with Crippen molar-refractivity contribution in [1.29, 1.82) is 0 Å². The number of carbonyl (C=O) groups excluding carboxylic acids is 1. The van der Waals surface area contributed by atoms with Crippen molar-refractivity contribution in [3.05, 3.63) is 161 Å². The number of nitrogens with one attached hydrogen (secondary N) is 1. The van der Waals surface area contributed by atoms with Crippen molar-refractivity contribution in [3.8, 4) is 5.75 Å². The molecule has 0 saturated carbocycles. The number of carboxylic acids is 1. The van der Waals surface area contributed by atoms with Crippen LogP contribution in [0, 0.1) is 0 Å². The van der Waals surface area contributed by atoms with Crippen LogP contribution in [-0.4, -0.2) is 21.6 Å². The molecule has 2 N–H and O–H groups in total. The first-order valence-electron chi connectivity index (χ1n) is 14.0. The summed E-state index contributed by atoms with van der Waals surface area (Å²) in [6, 6.07) is 29.3. The Morgan fingerprint density at radius 3 is 2.38 bits per heavy atom. The number of fused-ring (bicyclic) bond motifs is 1. The van der Waals surface area contributed by atoms with Gasteiger partial charge in [-0.15, -0.1) is 0 Å². The highest BCUT2D eigenvalue weighted by Gasteiger charge is 2.32. The fourth-order valence-electron chi connectivity index (χ4n) is 5.07. The summed E-state index contributed by atoms with van der Waals surface area (Å²) in [5, 5.41) is 12.6. The van der Waals surface area contributed by atoms with Gasteiger partial charge in [0.2, 0.25) is 0 Å². The third-order valence-electron chi connectivity index (χ3n) is 7.28.